The predicted molar refractivity (Wildman–Crippen MR) is 88.5 cm³/mol. The zero-order valence-electron chi connectivity index (χ0n) is 12.9. The van der Waals surface area contributed by atoms with Crippen molar-refractivity contribution in [2.45, 2.75) is 57.4 Å². The van der Waals surface area contributed by atoms with E-state index in [2.05, 4.69) is 17.1 Å². The molecule has 3 fully saturated rings. The van der Waals surface area contributed by atoms with Gasteiger partial charge in [-0.05, 0) is 57.5 Å². The average molecular weight is 295 g/mol. The minimum atomic E-state index is 0.390. The van der Waals surface area contributed by atoms with Crippen molar-refractivity contribution in [3.63, 3.8) is 0 Å². The van der Waals surface area contributed by atoms with Crippen molar-refractivity contribution in [2.24, 2.45) is 10.9 Å². The van der Waals surface area contributed by atoms with Gasteiger partial charge in [-0.3, -0.25) is 4.99 Å². The summed E-state index contributed by atoms with van der Waals surface area (Å²) in [5.41, 5.74) is 0.390. The fourth-order valence-electron chi connectivity index (χ4n) is 3.65. The minimum Gasteiger partial charge on any atom is -0.359 e. The first-order valence-electron chi connectivity index (χ1n) is 8.44. The van der Waals surface area contributed by atoms with Gasteiger partial charge in [-0.2, -0.15) is 0 Å². The zero-order valence-corrected chi connectivity index (χ0v) is 13.7. The summed E-state index contributed by atoms with van der Waals surface area (Å²) >= 11 is 1.96. The Labute approximate surface area is 128 Å². The van der Waals surface area contributed by atoms with Crippen LogP contribution >= 0.6 is 11.8 Å². The highest BCUT2D eigenvalue weighted by Gasteiger charge is 2.39. The highest BCUT2D eigenvalue weighted by atomic mass is 32.2. The van der Waals surface area contributed by atoms with Crippen molar-refractivity contribution < 1.29 is 0 Å². The van der Waals surface area contributed by atoms with E-state index in [0.29, 0.717) is 5.54 Å². The number of thioether (sulfide) groups is 1. The highest BCUT2D eigenvalue weighted by Crippen LogP contribution is 2.38. The van der Waals surface area contributed by atoms with E-state index < -0.39 is 0 Å². The Hall–Kier alpha value is -0.220. The van der Waals surface area contributed by atoms with Gasteiger partial charge in [0.25, 0.3) is 0 Å². The summed E-state index contributed by atoms with van der Waals surface area (Å²) < 4.78 is 0. The molecule has 2 saturated heterocycles. The van der Waals surface area contributed by atoms with Crippen LogP contribution in [0.2, 0.25) is 0 Å². The van der Waals surface area contributed by atoms with Gasteiger partial charge >= 0.3 is 0 Å². The summed E-state index contributed by atoms with van der Waals surface area (Å²) in [7, 11) is 0. The Kier molecular flexibility index (Phi) is 4.92. The molecule has 4 heteroatoms. The molecule has 3 rings (SSSR count). The molecule has 1 aliphatic carbocycles. The van der Waals surface area contributed by atoms with E-state index in [-0.39, 0.29) is 0 Å². The normalized spacial score (nSPS) is 37.5. The molecule has 0 radical (unpaired) electrons. The van der Waals surface area contributed by atoms with Crippen LogP contribution in [-0.4, -0.2) is 47.5 Å². The van der Waals surface area contributed by atoms with E-state index in [0.717, 1.165) is 19.0 Å². The van der Waals surface area contributed by atoms with Gasteiger partial charge < -0.3 is 10.2 Å². The average Bonchev–Trinajstić information content (AvgIpc) is 2.87. The summed E-state index contributed by atoms with van der Waals surface area (Å²) in [4.78, 5) is 7.39. The maximum atomic E-state index is 4.81. The van der Waals surface area contributed by atoms with Gasteiger partial charge in [0.2, 0.25) is 0 Å². The van der Waals surface area contributed by atoms with Crippen molar-refractivity contribution in [2.75, 3.05) is 31.9 Å². The molecule has 1 N–H and O–H groups in total. The van der Waals surface area contributed by atoms with Crippen LogP contribution in [0.5, 0.6) is 0 Å². The number of aliphatic imine (C=N–C) groups is 1. The lowest BCUT2D eigenvalue weighted by Crippen LogP contribution is -2.46. The number of piperidine rings is 1. The van der Waals surface area contributed by atoms with Gasteiger partial charge in [-0.1, -0.05) is 25.1 Å². The maximum Gasteiger partial charge on any atom is 0.157 e. The van der Waals surface area contributed by atoms with Gasteiger partial charge in [-0.25, -0.2) is 0 Å². The van der Waals surface area contributed by atoms with Crippen molar-refractivity contribution >= 4 is 16.9 Å². The second-order valence-corrected chi connectivity index (χ2v) is 7.93. The van der Waals surface area contributed by atoms with E-state index in [1.807, 2.05) is 11.8 Å². The third kappa shape index (κ3) is 3.70. The molecular weight excluding hydrogens is 266 g/mol. The smallest absolute Gasteiger partial charge is 0.157 e. The van der Waals surface area contributed by atoms with Crippen LogP contribution in [0.3, 0.4) is 0 Å². The molecule has 1 saturated carbocycles. The van der Waals surface area contributed by atoms with Gasteiger partial charge in [0.15, 0.2) is 5.17 Å². The molecule has 0 aromatic heterocycles. The number of nitrogens with zero attached hydrogens (tertiary/aromatic N) is 2. The molecule has 0 amide bonds. The molecule has 114 valence electrons. The van der Waals surface area contributed by atoms with Crippen molar-refractivity contribution in [3.05, 3.63) is 0 Å². The van der Waals surface area contributed by atoms with E-state index in [4.69, 9.17) is 4.99 Å². The summed E-state index contributed by atoms with van der Waals surface area (Å²) in [5.74, 6) is 2.16. The molecule has 0 aromatic carbocycles. The summed E-state index contributed by atoms with van der Waals surface area (Å²) in [5, 5.41) is 4.98. The predicted octanol–water partition coefficient (Wildman–Crippen LogP) is 3.11. The maximum absolute atomic E-state index is 4.81. The summed E-state index contributed by atoms with van der Waals surface area (Å²) in [6.45, 7) is 7.08. The van der Waals surface area contributed by atoms with E-state index in [1.165, 1.54) is 69.0 Å². The van der Waals surface area contributed by atoms with Crippen LogP contribution < -0.4 is 5.32 Å². The minimum absolute atomic E-state index is 0.390. The van der Waals surface area contributed by atoms with Gasteiger partial charge in [0.05, 0.1) is 6.54 Å². The van der Waals surface area contributed by atoms with Gasteiger partial charge in [0, 0.05) is 17.8 Å². The van der Waals surface area contributed by atoms with Crippen LogP contribution in [0.4, 0.5) is 0 Å². The topological polar surface area (TPSA) is 27.6 Å². The van der Waals surface area contributed by atoms with Crippen LogP contribution in [-0.2, 0) is 0 Å². The van der Waals surface area contributed by atoms with E-state index in [9.17, 15) is 0 Å². The first-order valence-corrected chi connectivity index (χ1v) is 9.42. The molecule has 3 aliphatic rings. The Bertz CT molecular complexity index is 342. The van der Waals surface area contributed by atoms with Crippen LogP contribution in [0.15, 0.2) is 4.99 Å². The van der Waals surface area contributed by atoms with Crippen molar-refractivity contribution in [3.8, 4) is 0 Å². The summed E-state index contributed by atoms with van der Waals surface area (Å²) in [6, 6.07) is 0. The fourth-order valence-corrected chi connectivity index (χ4v) is 4.90. The van der Waals surface area contributed by atoms with Crippen LogP contribution in [0.25, 0.3) is 0 Å². The number of rotatable bonds is 3. The molecule has 0 bridgehead atoms. The van der Waals surface area contributed by atoms with Crippen molar-refractivity contribution in [1.82, 2.24) is 10.2 Å². The second-order valence-electron chi connectivity index (χ2n) is 6.97. The number of likely N-dealkylation sites (tertiary alicyclic amines) is 1. The molecule has 3 nitrogen and oxygen atoms in total. The molecule has 0 aromatic rings. The lowest BCUT2D eigenvalue weighted by atomic mass is 9.78. The highest BCUT2D eigenvalue weighted by molar-refractivity contribution is 8.14. The molecule has 20 heavy (non-hydrogen) atoms. The van der Waals surface area contributed by atoms with E-state index in [1.54, 1.807) is 0 Å². The molecule has 2 aliphatic heterocycles. The van der Waals surface area contributed by atoms with Crippen LogP contribution in [0, 0.1) is 5.92 Å². The standard InChI is InChI=1S/C16H29N3S/c1-14-5-7-16(8-6-14)13-20-15(18-16)17-9-12-19-10-3-2-4-11-19/h14H,2-13H2,1H3,(H,17,18). The molecule has 2 heterocycles. The number of amidine groups is 1. The quantitative estimate of drug-likeness (QED) is 0.867. The number of nitrogens with one attached hydrogen (secondary N) is 1. The van der Waals surface area contributed by atoms with Crippen LogP contribution in [0.1, 0.15) is 51.9 Å². The van der Waals surface area contributed by atoms with E-state index >= 15 is 0 Å². The molecule has 1 spiro atoms. The fraction of sp³-hybridized carbons (Fsp3) is 0.938. The van der Waals surface area contributed by atoms with Gasteiger partial charge in [0.1, 0.15) is 0 Å². The third-order valence-corrected chi connectivity index (χ3v) is 6.41. The first kappa shape index (κ1) is 14.7. The molecule has 0 unspecified atom stereocenters. The first-order chi connectivity index (χ1) is 9.76. The largest absolute Gasteiger partial charge is 0.359 e. The molecular formula is C16H29N3S. The number of hydrogen-bond acceptors (Lipinski definition) is 3. The lowest BCUT2D eigenvalue weighted by Gasteiger charge is -2.35. The second kappa shape index (κ2) is 6.69. The zero-order chi connectivity index (χ0) is 13.8. The monoisotopic (exact) mass is 295 g/mol. The third-order valence-electron chi connectivity index (χ3n) is 5.21. The summed E-state index contributed by atoms with van der Waals surface area (Å²) in [6.07, 6.45) is 9.63. The Morgan fingerprint density at radius 2 is 2.00 bits per heavy atom. The van der Waals surface area contributed by atoms with Gasteiger partial charge in [-0.15, -0.1) is 0 Å². The Balaban J connectivity index is 1.43. The molecule has 0 atom stereocenters. The Morgan fingerprint density at radius 3 is 2.75 bits per heavy atom. The SMILES string of the molecule is CC1CCC2(CC1)CSC(=NCCN1CCCCC1)N2. The lowest BCUT2D eigenvalue weighted by molar-refractivity contribution is 0.234. The Morgan fingerprint density at radius 1 is 1.25 bits per heavy atom. The number of hydrogen-bond donors (Lipinski definition) is 1. The van der Waals surface area contributed by atoms with Crippen molar-refractivity contribution in [1.29, 1.82) is 0 Å².